The van der Waals surface area contributed by atoms with Crippen LogP contribution in [0.1, 0.15) is 28.4 Å². The zero-order valence-corrected chi connectivity index (χ0v) is 10.1. The minimum atomic E-state index is -1.63. The Hall–Kier alpha value is -1.18. The maximum absolute atomic E-state index is 13.4. The summed E-state index contributed by atoms with van der Waals surface area (Å²) in [5.41, 5.74) is -1.22. The minimum absolute atomic E-state index is 0.0868. The van der Waals surface area contributed by atoms with Gasteiger partial charge in [-0.05, 0) is 18.2 Å². The number of carboxylic acids is 1. The monoisotopic (exact) mass is 278 g/mol. The predicted octanol–water partition coefficient (Wildman–Crippen LogP) is 1.38. The van der Waals surface area contributed by atoms with Crippen LogP contribution in [0.5, 0.6) is 0 Å². The first-order valence-corrected chi connectivity index (χ1v) is 5.71. The second-order valence-electron chi connectivity index (χ2n) is 3.68. The molecule has 2 unspecified atom stereocenters. The maximum Gasteiger partial charge on any atom is 0.338 e. The number of aromatic carboxylic acids is 1. The average Bonchev–Trinajstić information content (AvgIpc) is 2.28. The fourth-order valence-electron chi connectivity index (χ4n) is 1.45. The summed E-state index contributed by atoms with van der Waals surface area (Å²) >= 11 is 3.84. The van der Waals surface area contributed by atoms with Crippen molar-refractivity contribution in [2.75, 3.05) is 5.75 Å². The van der Waals surface area contributed by atoms with Crippen molar-refractivity contribution in [3.63, 3.8) is 0 Å². The van der Waals surface area contributed by atoms with Crippen LogP contribution in [0.25, 0.3) is 0 Å². The standard InChI is InChI=1S/C11H12F2O4S/c12-7-4-8(13)6(11(16)17)3-5(7)10(15)9(14)1-2-18/h3-4,9-10,14-15,18H,1-2H2,(H,16,17). The number of benzene rings is 1. The SMILES string of the molecule is O=C(O)c1cc(C(O)C(O)CCS)c(F)cc1F. The molecule has 0 saturated heterocycles. The second-order valence-corrected chi connectivity index (χ2v) is 4.13. The highest BCUT2D eigenvalue weighted by Crippen LogP contribution is 2.25. The van der Waals surface area contributed by atoms with Crippen LogP contribution < -0.4 is 0 Å². The second kappa shape index (κ2) is 6.12. The third-order valence-corrected chi connectivity index (χ3v) is 2.68. The van der Waals surface area contributed by atoms with Crippen LogP contribution in [0.4, 0.5) is 8.78 Å². The fourth-order valence-corrected chi connectivity index (χ4v) is 1.72. The molecule has 0 fully saturated rings. The maximum atomic E-state index is 13.4. The summed E-state index contributed by atoms with van der Waals surface area (Å²) in [6.07, 6.45) is -2.84. The van der Waals surface area contributed by atoms with E-state index >= 15 is 0 Å². The van der Waals surface area contributed by atoms with Gasteiger partial charge in [0.25, 0.3) is 0 Å². The molecule has 0 saturated carbocycles. The first-order chi connectivity index (χ1) is 8.38. The van der Waals surface area contributed by atoms with E-state index in [0.717, 1.165) is 0 Å². The molecule has 0 radical (unpaired) electrons. The molecule has 1 aromatic carbocycles. The molecule has 0 bridgehead atoms. The van der Waals surface area contributed by atoms with Crippen molar-refractivity contribution in [2.24, 2.45) is 0 Å². The number of carboxylic acid groups (broad SMARTS) is 1. The first-order valence-electron chi connectivity index (χ1n) is 5.07. The predicted molar refractivity (Wildman–Crippen MR) is 62.8 cm³/mol. The molecule has 2 atom stereocenters. The van der Waals surface area contributed by atoms with Crippen LogP contribution in [0.3, 0.4) is 0 Å². The van der Waals surface area contributed by atoms with Crippen LogP contribution in [0.2, 0.25) is 0 Å². The molecule has 100 valence electrons. The van der Waals surface area contributed by atoms with Crippen molar-refractivity contribution in [3.8, 4) is 0 Å². The van der Waals surface area contributed by atoms with Gasteiger partial charge < -0.3 is 15.3 Å². The summed E-state index contributed by atoms with van der Waals surface area (Å²) in [6.45, 7) is 0. The lowest BCUT2D eigenvalue weighted by Crippen LogP contribution is -2.20. The number of aliphatic hydroxyl groups excluding tert-OH is 2. The Morgan fingerprint density at radius 1 is 1.28 bits per heavy atom. The smallest absolute Gasteiger partial charge is 0.338 e. The third kappa shape index (κ3) is 3.18. The summed E-state index contributed by atoms with van der Waals surface area (Å²) in [4.78, 5) is 10.7. The van der Waals surface area contributed by atoms with Crippen molar-refractivity contribution >= 4 is 18.6 Å². The van der Waals surface area contributed by atoms with Gasteiger partial charge in [-0.25, -0.2) is 13.6 Å². The number of hydrogen-bond donors (Lipinski definition) is 4. The van der Waals surface area contributed by atoms with E-state index in [2.05, 4.69) is 12.6 Å². The van der Waals surface area contributed by atoms with Gasteiger partial charge in [-0.15, -0.1) is 0 Å². The Balaban J connectivity index is 3.15. The Kier molecular flexibility index (Phi) is 5.06. The number of thiol groups is 1. The number of rotatable bonds is 5. The topological polar surface area (TPSA) is 77.8 Å². The summed E-state index contributed by atoms with van der Waals surface area (Å²) in [5, 5.41) is 27.8. The Morgan fingerprint density at radius 2 is 1.89 bits per heavy atom. The van der Waals surface area contributed by atoms with Crippen molar-refractivity contribution < 1.29 is 28.9 Å². The molecular formula is C11H12F2O4S. The minimum Gasteiger partial charge on any atom is -0.478 e. The lowest BCUT2D eigenvalue weighted by Gasteiger charge is -2.18. The lowest BCUT2D eigenvalue weighted by molar-refractivity contribution is 0.0150. The number of carbonyl (C=O) groups is 1. The molecule has 1 rings (SSSR count). The zero-order chi connectivity index (χ0) is 13.9. The highest BCUT2D eigenvalue weighted by molar-refractivity contribution is 7.80. The third-order valence-electron chi connectivity index (χ3n) is 2.42. The van der Waals surface area contributed by atoms with E-state index in [1.165, 1.54) is 0 Å². The molecule has 18 heavy (non-hydrogen) atoms. The van der Waals surface area contributed by atoms with Gasteiger partial charge in [0.05, 0.1) is 11.7 Å². The van der Waals surface area contributed by atoms with Crippen LogP contribution in [0, 0.1) is 11.6 Å². The van der Waals surface area contributed by atoms with Gasteiger partial charge in [-0.3, -0.25) is 0 Å². The fraction of sp³-hybridized carbons (Fsp3) is 0.364. The average molecular weight is 278 g/mol. The van der Waals surface area contributed by atoms with Gasteiger partial charge in [-0.1, -0.05) is 0 Å². The zero-order valence-electron chi connectivity index (χ0n) is 9.18. The number of halogens is 2. The van der Waals surface area contributed by atoms with E-state index in [1.807, 2.05) is 0 Å². The quantitative estimate of drug-likeness (QED) is 0.614. The van der Waals surface area contributed by atoms with Crippen LogP contribution in [-0.4, -0.2) is 33.1 Å². The van der Waals surface area contributed by atoms with E-state index in [4.69, 9.17) is 5.11 Å². The number of hydrogen-bond acceptors (Lipinski definition) is 4. The highest BCUT2D eigenvalue weighted by Gasteiger charge is 2.24. The molecule has 0 spiro atoms. The Labute approximate surface area is 107 Å². The van der Waals surface area contributed by atoms with Crippen LogP contribution >= 0.6 is 12.6 Å². The molecule has 0 aromatic heterocycles. The summed E-state index contributed by atoms with van der Waals surface area (Å²) < 4.78 is 26.5. The van der Waals surface area contributed by atoms with Gasteiger partial charge in [0.2, 0.25) is 0 Å². The molecule has 0 aliphatic carbocycles. The van der Waals surface area contributed by atoms with E-state index in [-0.39, 0.29) is 12.2 Å². The molecule has 7 heteroatoms. The molecule has 0 amide bonds. The van der Waals surface area contributed by atoms with Gasteiger partial charge in [0.1, 0.15) is 17.7 Å². The van der Waals surface area contributed by atoms with Crippen molar-refractivity contribution in [3.05, 3.63) is 34.9 Å². The summed E-state index contributed by atoms with van der Waals surface area (Å²) in [6, 6.07) is 1.05. The number of aliphatic hydroxyl groups is 2. The Bertz CT molecular complexity index is 453. The molecule has 3 N–H and O–H groups in total. The highest BCUT2D eigenvalue weighted by atomic mass is 32.1. The Morgan fingerprint density at radius 3 is 2.39 bits per heavy atom. The van der Waals surface area contributed by atoms with Gasteiger partial charge >= 0.3 is 5.97 Å². The molecule has 4 nitrogen and oxygen atoms in total. The molecule has 1 aromatic rings. The molecule has 0 aliphatic heterocycles. The molecule has 0 aliphatic rings. The largest absolute Gasteiger partial charge is 0.478 e. The normalized spacial score (nSPS) is 14.3. The van der Waals surface area contributed by atoms with Crippen LogP contribution in [-0.2, 0) is 0 Å². The van der Waals surface area contributed by atoms with Crippen molar-refractivity contribution in [1.82, 2.24) is 0 Å². The van der Waals surface area contributed by atoms with Crippen LogP contribution in [0.15, 0.2) is 12.1 Å². The van der Waals surface area contributed by atoms with E-state index < -0.39 is 40.9 Å². The van der Waals surface area contributed by atoms with Gasteiger partial charge in [0.15, 0.2) is 0 Å². The summed E-state index contributed by atoms with van der Waals surface area (Å²) in [5.74, 6) is -3.67. The summed E-state index contributed by atoms with van der Waals surface area (Å²) in [7, 11) is 0. The molecular weight excluding hydrogens is 266 g/mol. The van der Waals surface area contributed by atoms with Crippen molar-refractivity contribution in [1.29, 1.82) is 0 Å². The van der Waals surface area contributed by atoms with Crippen molar-refractivity contribution in [2.45, 2.75) is 18.6 Å². The van der Waals surface area contributed by atoms with Gasteiger partial charge in [-0.2, -0.15) is 12.6 Å². The van der Waals surface area contributed by atoms with Gasteiger partial charge in [0, 0.05) is 11.6 Å². The van der Waals surface area contributed by atoms with E-state index in [1.54, 1.807) is 0 Å². The van der Waals surface area contributed by atoms with E-state index in [9.17, 15) is 23.8 Å². The lowest BCUT2D eigenvalue weighted by atomic mass is 9.99. The first kappa shape index (κ1) is 14.9. The molecule has 0 heterocycles. The van der Waals surface area contributed by atoms with E-state index in [0.29, 0.717) is 12.1 Å².